The first kappa shape index (κ1) is 18.9. The molecule has 142 valence electrons. The quantitative estimate of drug-likeness (QED) is 0.767. The van der Waals surface area contributed by atoms with Crippen molar-refractivity contribution in [2.45, 2.75) is 38.3 Å². The molecule has 1 fully saturated rings. The van der Waals surface area contributed by atoms with Crippen molar-refractivity contribution >= 4 is 11.9 Å². The van der Waals surface area contributed by atoms with Gasteiger partial charge in [-0.2, -0.15) is 0 Å². The van der Waals surface area contributed by atoms with Crippen molar-refractivity contribution in [1.29, 1.82) is 0 Å². The highest BCUT2D eigenvalue weighted by atomic mass is 19.2. The summed E-state index contributed by atoms with van der Waals surface area (Å²) in [6.45, 7) is 1.56. The molecule has 0 aromatic heterocycles. The van der Waals surface area contributed by atoms with Crippen LogP contribution in [0.3, 0.4) is 0 Å². The summed E-state index contributed by atoms with van der Waals surface area (Å²) in [6.07, 6.45) is 1.75. The number of hydrogen-bond donors (Lipinski definition) is 1. The van der Waals surface area contributed by atoms with Gasteiger partial charge in [0, 0.05) is 5.56 Å². The summed E-state index contributed by atoms with van der Waals surface area (Å²) in [7, 11) is 0. The van der Waals surface area contributed by atoms with Crippen LogP contribution in [0.2, 0.25) is 0 Å². The lowest BCUT2D eigenvalue weighted by atomic mass is 9.84. The molecule has 2 aromatic rings. The molecule has 0 aliphatic carbocycles. The second kappa shape index (κ2) is 7.42. The van der Waals surface area contributed by atoms with E-state index in [1.165, 1.54) is 36.4 Å². The number of nitrogens with zero attached hydrogens (tertiary/aromatic N) is 1. The van der Waals surface area contributed by atoms with Crippen LogP contribution in [0.15, 0.2) is 42.5 Å². The first-order chi connectivity index (χ1) is 12.9. The zero-order valence-electron chi connectivity index (χ0n) is 14.8. The highest BCUT2D eigenvalue weighted by molar-refractivity contribution is 6.07. The lowest BCUT2D eigenvalue weighted by Crippen LogP contribution is -2.44. The van der Waals surface area contributed by atoms with Crippen LogP contribution in [0.1, 0.15) is 37.3 Å². The number of unbranched alkanes of at least 4 members (excludes halogenated alkanes) is 1. The van der Waals surface area contributed by atoms with Crippen LogP contribution in [0.4, 0.5) is 18.0 Å². The first-order valence-electron chi connectivity index (χ1n) is 8.72. The molecule has 1 atom stereocenters. The molecule has 7 heteroatoms. The molecule has 1 saturated heterocycles. The van der Waals surface area contributed by atoms with Crippen molar-refractivity contribution in [3.63, 3.8) is 0 Å². The number of rotatable bonds is 6. The Kier molecular flexibility index (Phi) is 5.21. The number of benzene rings is 2. The molecule has 1 heterocycles. The Hall–Kier alpha value is -2.83. The molecular formula is C20H19F3N2O2. The fraction of sp³-hybridized carbons (Fsp3) is 0.300. The van der Waals surface area contributed by atoms with E-state index in [-0.39, 0.29) is 12.1 Å². The van der Waals surface area contributed by atoms with Crippen molar-refractivity contribution in [3.8, 4) is 0 Å². The standard InChI is InChI=1S/C20H19F3N2O2/c1-2-3-11-20(14-7-9-15(21)10-8-14)18(26)25(19(27)24-20)12-13-5-4-6-16(22)17(13)23/h4-10H,2-3,11-12H2,1H3,(H,24,27)/t20-/m1/s1. The summed E-state index contributed by atoms with van der Waals surface area (Å²) in [5, 5.41) is 2.69. The SMILES string of the molecule is CCCC[C@]1(c2ccc(F)cc2)NC(=O)N(Cc2cccc(F)c2F)C1=O. The van der Waals surface area contributed by atoms with E-state index in [1.54, 1.807) is 0 Å². The number of hydrogen-bond acceptors (Lipinski definition) is 2. The van der Waals surface area contributed by atoms with Crippen LogP contribution in [-0.4, -0.2) is 16.8 Å². The molecule has 1 N–H and O–H groups in total. The van der Waals surface area contributed by atoms with Gasteiger partial charge in [0.1, 0.15) is 11.4 Å². The van der Waals surface area contributed by atoms with Crippen LogP contribution in [-0.2, 0) is 16.9 Å². The third-order valence-corrected chi connectivity index (χ3v) is 4.78. The van der Waals surface area contributed by atoms with Gasteiger partial charge in [0.15, 0.2) is 11.6 Å². The van der Waals surface area contributed by atoms with Gasteiger partial charge in [0.2, 0.25) is 0 Å². The number of carbonyl (C=O) groups is 2. The predicted octanol–water partition coefficient (Wildman–Crippen LogP) is 4.24. The van der Waals surface area contributed by atoms with Crippen LogP contribution >= 0.6 is 0 Å². The molecule has 0 radical (unpaired) electrons. The zero-order chi connectivity index (χ0) is 19.6. The van der Waals surface area contributed by atoms with Gasteiger partial charge in [-0.1, -0.05) is 44.0 Å². The van der Waals surface area contributed by atoms with Gasteiger partial charge in [-0.15, -0.1) is 0 Å². The van der Waals surface area contributed by atoms with Crippen LogP contribution in [0, 0.1) is 17.5 Å². The normalized spacial score (nSPS) is 19.5. The van der Waals surface area contributed by atoms with E-state index in [0.29, 0.717) is 18.4 Å². The van der Waals surface area contributed by atoms with E-state index in [2.05, 4.69) is 5.32 Å². The van der Waals surface area contributed by atoms with Crippen LogP contribution in [0.5, 0.6) is 0 Å². The van der Waals surface area contributed by atoms with Crippen molar-refractivity contribution in [2.75, 3.05) is 0 Å². The van der Waals surface area contributed by atoms with E-state index >= 15 is 0 Å². The molecule has 1 aliphatic heterocycles. The highest BCUT2D eigenvalue weighted by Gasteiger charge is 2.51. The molecule has 0 bridgehead atoms. The molecule has 1 aliphatic rings. The van der Waals surface area contributed by atoms with Gasteiger partial charge < -0.3 is 5.32 Å². The highest BCUT2D eigenvalue weighted by Crippen LogP contribution is 2.35. The predicted molar refractivity (Wildman–Crippen MR) is 93.0 cm³/mol. The second-order valence-corrected chi connectivity index (χ2v) is 6.55. The van der Waals surface area contributed by atoms with Gasteiger partial charge in [0.05, 0.1) is 6.54 Å². The molecule has 0 unspecified atom stereocenters. The minimum Gasteiger partial charge on any atom is -0.319 e. The van der Waals surface area contributed by atoms with E-state index in [4.69, 9.17) is 0 Å². The third kappa shape index (κ3) is 3.41. The molecular weight excluding hydrogens is 357 g/mol. The first-order valence-corrected chi connectivity index (χ1v) is 8.72. The molecule has 3 amide bonds. The van der Waals surface area contributed by atoms with Crippen LogP contribution in [0.25, 0.3) is 0 Å². The van der Waals surface area contributed by atoms with E-state index in [1.807, 2.05) is 6.92 Å². The van der Waals surface area contributed by atoms with Crippen molar-refractivity contribution in [1.82, 2.24) is 10.2 Å². The Morgan fingerprint density at radius 1 is 1.04 bits per heavy atom. The minimum atomic E-state index is -1.34. The summed E-state index contributed by atoms with van der Waals surface area (Å²) < 4.78 is 40.8. The summed E-state index contributed by atoms with van der Waals surface area (Å²) in [5.74, 6) is -3.16. The zero-order valence-corrected chi connectivity index (χ0v) is 14.8. The van der Waals surface area contributed by atoms with E-state index < -0.39 is 34.9 Å². The van der Waals surface area contributed by atoms with Gasteiger partial charge in [-0.3, -0.25) is 9.69 Å². The number of carbonyl (C=O) groups excluding carboxylic acids is 2. The Morgan fingerprint density at radius 2 is 1.74 bits per heavy atom. The Labute approximate surface area is 155 Å². The number of imide groups is 1. The van der Waals surface area contributed by atoms with Crippen molar-refractivity contribution < 1.29 is 22.8 Å². The average Bonchev–Trinajstić information content (AvgIpc) is 2.89. The fourth-order valence-electron chi connectivity index (χ4n) is 3.30. The maximum atomic E-state index is 14.0. The second-order valence-electron chi connectivity index (χ2n) is 6.55. The maximum absolute atomic E-state index is 14.0. The van der Waals surface area contributed by atoms with Crippen molar-refractivity contribution in [3.05, 3.63) is 71.0 Å². The summed E-state index contributed by atoms with van der Waals surface area (Å²) in [5.41, 5.74) is -0.980. The third-order valence-electron chi connectivity index (χ3n) is 4.78. The fourth-order valence-corrected chi connectivity index (χ4v) is 3.30. The Bertz CT molecular complexity index is 870. The molecule has 0 spiro atoms. The minimum absolute atomic E-state index is 0.0936. The summed E-state index contributed by atoms with van der Waals surface area (Å²) in [6, 6.07) is 8.26. The van der Waals surface area contributed by atoms with Gasteiger partial charge in [0.25, 0.3) is 5.91 Å². The molecule has 3 rings (SSSR count). The topological polar surface area (TPSA) is 49.4 Å². The van der Waals surface area contributed by atoms with Gasteiger partial charge in [-0.05, 0) is 30.2 Å². The monoisotopic (exact) mass is 376 g/mol. The lowest BCUT2D eigenvalue weighted by Gasteiger charge is -2.27. The summed E-state index contributed by atoms with van der Waals surface area (Å²) >= 11 is 0. The Balaban J connectivity index is 1.97. The van der Waals surface area contributed by atoms with Crippen molar-refractivity contribution in [2.24, 2.45) is 0 Å². The van der Waals surface area contributed by atoms with E-state index in [9.17, 15) is 22.8 Å². The number of amides is 3. The molecule has 2 aromatic carbocycles. The smallest absolute Gasteiger partial charge is 0.319 e. The molecule has 0 saturated carbocycles. The average molecular weight is 376 g/mol. The van der Waals surface area contributed by atoms with Gasteiger partial charge in [-0.25, -0.2) is 18.0 Å². The van der Waals surface area contributed by atoms with Crippen LogP contribution < -0.4 is 5.32 Å². The van der Waals surface area contributed by atoms with Gasteiger partial charge >= 0.3 is 6.03 Å². The number of nitrogens with one attached hydrogen (secondary N) is 1. The maximum Gasteiger partial charge on any atom is 0.325 e. The number of urea groups is 1. The summed E-state index contributed by atoms with van der Waals surface area (Å²) in [4.78, 5) is 26.5. The van der Waals surface area contributed by atoms with E-state index in [0.717, 1.165) is 17.4 Å². The molecule has 4 nitrogen and oxygen atoms in total. The number of halogens is 3. The Morgan fingerprint density at radius 3 is 2.41 bits per heavy atom. The molecule has 27 heavy (non-hydrogen) atoms. The largest absolute Gasteiger partial charge is 0.325 e. The lowest BCUT2D eigenvalue weighted by molar-refractivity contribution is -0.132.